The zero-order valence-corrected chi connectivity index (χ0v) is 25.2. The Morgan fingerprint density at radius 3 is 2.11 bits per heavy atom. The molecule has 0 spiro atoms. The standard InChI is InChI=1S/C33H38F4N4O4/c1-3-10-41(11-4-2)31(43)24-15-23(30(39)42)16-25(17-24)32(44)45-29(20-40-19-21-8-6-5-7-9-21)28(38)14-22-12-26(33(35,36)37)18-27(34)13-22/h5-9,12-13,15-18,28-29,40H,3-4,10-11,14,19-20,38H2,1-2H3,(H2,39,42)/t28-,29+/m0/s1. The fourth-order valence-corrected chi connectivity index (χ4v) is 4.82. The molecule has 3 aromatic rings. The molecule has 3 rings (SSSR count). The molecule has 12 heteroatoms. The van der Waals surface area contributed by atoms with E-state index in [2.05, 4.69) is 5.32 Å². The molecule has 3 aromatic carbocycles. The molecule has 242 valence electrons. The molecule has 0 radical (unpaired) electrons. The first-order valence-electron chi connectivity index (χ1n) is 14.6. The fraction of sp³-hybridized carbons (Fsp3) is 0.364. The number of nitrogens with one attached hydrogen (secondary N) is 1. The van der Waals surface area contributed by atoms with Gasteiger partial charge in [0.1, 0.15) is 11.9 Å². The molecule has 2 amide bonds. The van der Waals surface area contributed by atoms with E-state index in [0.717, 1.165) is 17.7 Å². The highest BCUT2D eigenvalue weighted by molar-refractivity contribution is 6.03. The average Bonchev–Trinajstić information content (AvgIpc) is 2.99. The number of benzene rings is 3. The van der Waals surface area contributed by atoms with Gasteiger partial charge < -0.3 is 26.4 Å². The lowest BCUT2D eigenvalue weighted by atomic mass is 9.99. The number of esters is 1. The van der Waals surface area contributed by atoms with E-state index in [1.807, 2.05) is 44.2 Å². The molecule has 0 aromatic heterocycles. The Labute approximate surface area is 259 Å². The third-order valence-corrected chi connectivity index (χ3v) is 6.98. The predicted molar refractivity (Wildman–Crippen MR) is 162 cm³/mol. The molecule has 45 heavy (non-hydrogen) atoms. The number of ether oxygens (including phenoxy) is 1. The molecule has 2 atom stereocenters. The fourth-order valence-electron chi connectivity index (χ4n) is 4.82. The lowest BCUT2D eigenvalue weighted by Crippen LogP contribution is -2.46. The number of hydrogen-bond acceptors (Lipinski definition) is 6. The number of primary amides is 1. The van der Waals surface area contributed by atoms with Crippen LogP contribution in [0.5, 0.6) is 0 Å². The number of halogens is 4. The Morgan fingerprint density at radius 1 is 0.889 bits per heavy atom. The number of carbonyl (C=O) groups excluding carboxylic acids is 3. The molecule has 0 aliphatic heterocycles. The molecule has 0 aliphatic rings. The van der Waals surface area contributed by atoms with E-state index in [0.29, 0.717) is 38.5 Å². The largest absolute Gasteiger partial charge is 0.456 e. The minimum absolute atomic E-state index is 0.00861. The lowest BCUT2D eigenvalue weighted by molar-refractivity contribution is -0.137. The lowest BCUT2D eigenvalue weighted by Gasteiger charge is -2.25. The third kappa shape index (κ3) is 10.4. The Balaban J connectivity index is 1.90. The maximum absolute atomic E-state index is 14.1. The Morgan fingerprint density at radius 2 is 1.51 bits per heavy atom. The summed E-state index contributed by atoms with van der Waals surface area (Å²) in [5.41, 5.74) is 11.4. The number of rotatable bonds is 15. The molecule has 0 aliphatic carbocycles. The Kier molecular flexibility index (Phi) is 12.6. The molecule has 0 heterocycles. The van der Waals surface area contributed by atoms with Crippen molar-refractivity contribution in [3.8, 4) is 0 Å². The SMILES string of the molecule is CCCN(CCC)C(=O)c1cc(C(N)=O)cc(C(=O)O[C@H](CNCc2ccccc2)[C@@H](N)Cc2cc(F)cc(C(F)(F)F)c2)c1. The second-order valence-electron chi connectivity index (χ2n) is 10.7. The quantitative estimate of drug-likeness (QED) is 0.159. The van der Waals surface area contributed by atoms with Crippen LogP contribution in [0.3, 0.4) is 0 Å². The van der Waals surface area contributed by atoms with Gasteiger partial charge in [-0.1, -0.05) is 44.2 Å². The van der Waals surface area contributed by atoms with Crippen molar-refractivity contribution in [3.05, 3.63) is 106 Å². The van der Waals surface area contributed by atoms with Crippen molar-refractivity contribution in [2.24, 2.45) is 11.5 Å². The van der Waals surface area contributed by atoms with Crippen molar-refractivity contribution in [1.29, 1.82) is 0 Å². The molecule has 0 unspecified atom stereocenters. The van der Waals surface area contributed by atoms with Crippen LogP contribution < -0.4 is 16.8 Å². The number of nitrogens with two attached hydrogens (primary N) is 2. The van der Waals surface area contributed by atoms with Crippen LogP contribution in [0, 0.1) is 5.82 Å². The van der Waals surface area contributed by atoms with Gasteiger partial charge >= 0.3 is 12.1 Å². The van der Waals surface area contributed by atoms with Gasteiger partial charge in [-0.25, -0.2) is 9.18 Å². The van der Waals surface area contributed by atoms with Gasteiger partial charge in [-0.3, -0.25) is 9.59 Å². The number of hydrogen-bond donors (Lipinski definition) is 3. The predicted octanol–water partition coefficient (Wildman–Crippen LogP) is 5.09. The molecule has 5 N–H and O–H groups in total. The van der Waals surface area contributed by atoms with E-state index in [4.69, 9.17) is 16.2 Å². The van der Waals surface area contributed by atoms with Crippen molar-refractivity contribution in [2.45, 2.75) is 58.0 Å². The van der Waals surface area contributed by atoms with E-state index in [-0.39, 0.29) is 41.1 Å². The number of nitrogens with zero attached hydrogens (tertiary/aromatic N) is 1. The van der Waals surface area contributed by atoms with Crippen LogP contribution in [-0.4, -0.2) is 54.5 Å². The highest BCUT2D eigenvalue weighted by Crippen LogP contribution is 2.31. The smallest absolute Gasteiger partial charge is 0.416 e. The first-order valence-corrected chi connectivity index (χ1v) is 14.6. The zero-order valence-electron chi connectivity index (χ0n) is 25.2. The van der Waals surface area contributed by atoms with Gasteiger partial charge in [0.2, 0.25) is 5.91 Å². The average molecular weight is 631 g/mol. The summed E-state index contributed by atoms with van der Waals surface area (Å²) in [6.45, 7) is 5.12. The van der Waals surface area contributed by atoms with E-state index in [1.165, 1.54) is 18.2 Å². The van der Waals surface area contributed by atoms with Crippen molar-refractivity contribution >= 4 is 17.8 Å². The van der Waals surface area contributed by atoms with Gasteiger partial charge in [-0.05, 0) is 66.8 Å². The van der Waals surface area contributed by atoms with Gasteiger partial charge in [0.15, 0.2) is 0 Å². The Bertz CT molecular complexity index is 1460. The van der Waals surface area contributed by atoms with E-state index >= 15 is 0 Å². The summed E-state index contributed by atoms with van der Waals surface area (Å²) in [4.78, 5) is 40.5. The van der Waals surface area contributed by atoms with Gasteiger partial charge in [-0.2, -0.15) is 13.2 Å². The number of amides is 2. The van der Waals surface area contributed by atoms with Crippen LogP contribution in [0.4, 0.5) is 17.6 Å². The summed E-state index contributed by atoms with van der Waals surface area (Å²) in [6, 6.07) is 14.2. The summed E-state index contributed by atoms with van der Waals surface area (Å²) in [7, 11) is 0. The van der Waals surface area contributed by atoms with Crippen LogP contribution >= 0.6 is 0 Å². The second kappa shape index (κ2) is 16.1. The summed E-state index contributed by atoms with van der Waals surface area (Å²) < 4.78 is 59.8. The maximum atomic E-state index is 14.1. The van der Waals surface area contributed by atoms with Crippen LogP contribution in [-0.2, 0) is 23.9 Å². The van der Waals surface area contributed by atoms with Gasteiger partial charge in [0.25, 0.3) is 5.91 Å². The van der Waals surface area contributed by atoms with Gasteiger partial charge in [0, 0.05) is 43.3 Å². The van der Waals surface area contributed by atoms with E-state index in [1.54, 1.807) is 4.90 Å². The summed E-state index contributed by atoms with van der Waals surface area (Å²) in [6.07, 6.45) is -4.73. The monoisotopic (exact) mass is 630 g/mol. The molecule has 0 bridgehead atoms. The minimum atomic E-state index is -4.77. The summed E-state index contributed by atoms with van der Waals surface area (Å²) >= 11 is 0. The van der Waals surface area contributed by atoms with E-state index < -0.39 is 41.6 Å². The van der Waals surface area contributed by atoms with Crippen LogP contribution in [0.2, 0.25) is 0 Å². The molecule has 0 fully saturated rings. The van der Waals surface area contributed by atoms with Gasteiger partial charge in [-0.15, -0.1) is 0 Å². The van der Waals surface area contributed by atoms with Crippen LogP contribution in [0.25, 0.3) is 0 Å². The highest BCUT2D eigenvalue weighted by atomic mass is 19.4. The van der Waals surface area contributed by atoms with Crippen LogP contribution in [0.1, 0.15) is 74.5 Å². The molecule has 0 saturated carbocycles. The zero-order chi connectivity index (χ0) is 33.1. The molecule has 8 nitrogen and oxygen atoms in total. The van der Waals surface area contributed by atoms with Crippen molar-refractivity contribution in [2.75, 3.05) is 19.6 Å². The second-order valence-corrected chi connectivity index (χ2v) is 10.7. The molecular formula is C33H38F4N4O4. The van der Waals surface area contributed by atoms with Crippen molar-refractivity contribution in [1.82, 2.24) is 10.2 Å². The molecular weight excluding hydrogens is 592 g/mol. The van der Waals surface area contributed by atoms with Gasteiger partial charge in [0.05, 0.1) is 11.1 Å². The first kappa shape index (κ1) is 35.2. The third-order valence-electron chi connectivity index (χ3n) is 6.98. The highest BCUT2D eigenvalue weighted by Gasteiger charge is 2.32. The minimum Gasteiger partial charge on any atom is -0.456 e. The van der Waals surface area contributed by atoms with Crippen LogP contribution in [0.15, 0.2) is 66.7 Å². The van der Waals surface area contributed by atoms with Crippen molar-refractivity contribution < 1.29 is 36.7 Å². The topological polar surface area (TPSA) is 128 Å². The Hall–Kier alpha value is -4.29. The normalized spacial score (nSPS) is 12.8. The van der Waals surface area contributed by atoms with E-state index in [9.17, 15) is 31.9 Å². The first-order chi connectivity index (χ1) is 21.3. The number of alkyl halides is 3. The number of carbonyl (C=O) groups is 3. The maximum Gasteiger partial charge on any atom is 0.416 e. The van der Waals surface area contributed by atoms with Crippen molar-refractivity contribution in [3.63, 3.8) is 0 Å². The molecule has 0 saturated heterocycles. The summed E-state index contributed by atoms with van der Waals surface area (Å²) in [5, 5.41) is 3.13. The summed E-state index contributed by atoms with van der Waals surface area (Å²) in [5.74, 6) is -3.26.